The molecule has 7 aromatic carbocycles. The van der Waals surface area contributed by atoms with Crippen LogP contribution in [0.5, 0.6) is 0 Å². The summed E-state index contributed by atoms with van der Waals surface area (Å²) >= 11 is 0. The van der Waals surface area contributed by atoms with E-state index in [2.05, 4.69) is 167 Å². The average molecular weight is 535 g/mol. The van der Waals surface area contributed by atoms with Crippen LogP contribution in [0.4, 0.5) is 0 Å². The van der Waals surface area contributed by atoms with Gasteiger partial charge in [-0.15, -0.1) is 0 Å². The van der Waals surface area contributed by atoms with Gasteiger partial charge in [-0.1, -0.05) is 103 Å². The quantitative estimate of drug-likeness (QED) is 0.213. The van der Waals surface area contributed by atoms with E-state index in [4.69, 9.17) is 0 Å². The number of aromatic nitrogens is 2. The maximum atomic E-state index is 2.43. The normalized spacial score (nSPS) is 11.8. The Morgan fingerprint density at radius 3 is 1.48 bits per heavy atom. The van der Waals surface area contributed by atoms with Crippen LogP contribution in [0.2, 0.25) is 0 Å². The lowest BCUT2D eigenvalue weighted by Gasteiger charge is -2.11. The Bertz CT molecular complexity index is 2440. The molecule has 0 amide bonds. The molecule has 196 valence electrons. The second kappa shape index (κ2) is 8.95. The topological polar surface area (TPSA) is 9.86 Å². The van der Waals surface area contributed by atoms with Crippen LogP contribution in [0, 0.1) is 0 Å². The van der Waals surface area contributed by atoms with Crippen molar-refractivity contribution < 1.29 is 0 Å². The zero-order valence-electron chi connectivity index (χ0n) is 22.9. The maximum absolute atomic E-state index is 2.43. The average Bonchev–Trinajstić information content (AvgIpc) is 3.56. The molecule has 2 heterocycles. The van der Waals surface area contributed by atoms with Crippen molar-refractivity contribution in [1.82, 2.24) is 9.13 Å². The standard InChI is InChI=1S/C40H26N2/c1-3-11-27(12-4-1)28-19-20-30-24-32(22-21-29(30)23-28)42-38-18-10-8-16-34(38)36-25-39-35(26-40(36)42)33-15-7-9-17-37(33)41(39)31-13-5-2-6-14-31/h1-26H. The molecule has 0 bridgehead atoms. The van der Waals surface area contributed by atoms with Crippen LogP contribution in [0.25, 0.3) is 76.9 Å². The number of fused-ring (bicyclic) bond motifs is 7. The predicted molar refractivity (Wildman–Crippen MR) is 178 cm³/mol. The predicted octanol–water partition coefficient (Wildman–Crippen LogP) is 10.7. The maximum Gasteiger partial charge on any atom is 0.0548 e. The van der Waals surface area contributed by atoms with Crippen molar-refractivity contribution in [3.8, 4) is 22.5 Å². The lowest BCUT2D eigenvalue weighted by atomic mass is 10.0. The Labute approximate surface area is 243 Å². The molecule has 0 N–H and O–H groups in total. The van der Waals surface area contributed by atoms with Gasteiger partial charge in [-0.25, -0.2) is 0 Å². The van der Waals surface area contributed by atoms with Crippen molar-refractivity contribution in [2.45, 2.75) is 0 Å². The minimum Gasteiger partial charge on any atom is -0.309 e. The SMILES string of the molecule is c1ccc(-c2ccc3cc(-n4c5ccccc5c5cc6c(cc54)c4ccccc4n6-c4ccccc4)ccc3c2)cc1. The van der Waals surface area contributed by atoms with E-state index < -0.39 is 0 Å². The van der Waals surface area contributed by atoms with Gasteiger partial charge in [0.25, 0.3) is 0 Å². The molecule has 2 nitrogen and oxygen atoms in total. The van der Waals surface area contributed by atoms with Crippen molar-refractivity contribution >= 4 is 54.4 Å². The molecule has 0 aliphatic rings. The van der Waals surface area contributed by atoms with Crippen LogP contribution < -0.4 is 0 Å². The monoisotopic (exact) mass is 534 g/mol. The zero-order valence-corrected chi connectivity index (χ0v) is 22.9. The lowest BCUT2D eigenvalue weighted by molar-refractivity contribution is 1.18. The van der Waals surface area contributed by atoms with Crippen molar-refractivity contribution in [3.05, 3.63) is 158 Å². The summed E-state index contributed by atoms with van der Waals surface area (Å²) in [6.07, 6.45) is 0. The summed E-state index contributed by atoms with van der Waals surface area (Å²) in [6.45, 7) is 0. The van der Waals surface area contributed by atoms with Gasteiger partial charge in [0, 0.05) is 32.9 Å². The molecule has 0 saturated carbocycles. The van der Waals surface area contributed by atoms with E-state index >= 15 is 0 Å². The summed E-state index contributed by atoms with van der Waals surface area (Å²) in [5, 5.41) is 7.53. The largest absolute Gasteiger partial charge is 0.309 e. The lowest BCUT2D eigenvalue weighted by Crippen LogP contribution is -1.94. The Hall–Kier alpha value is -5.60. The fraction of sp³-hybridized carbons (Fsp3) is 0. The van der Waals surface area contributed by atoms with Crippen molar-refractivity contribution in [1.29, 1.82) is 0 Å². The summed E-state index contributed by atoms with van der Waals surface area (Å²) in [5.74, 6) is 0. The Balaban J connectivity index is 1.32. The third kappa shape index (κ3) is 3.39. The Morgan fingerprint density at radius 2 is 0.810 bits per heavy atom. The summed E-state index contributed by atoms with van der Waals surface area (Å²) in [7, 11) is 0. The summed E-state index contributed by atoms with van der Waals surface area (Å²) in [4.78, 5) is 0. The fourth-order valence-corrected chi connectivity index (χ4v) is 6.75. The molecule has 0 aliphatic carbocycles. The van der Waals surface area contributed by atoms with Gasteiger partial charge in [0.2, 0.25) is 0 Å². The van der Waals surface area contributed by atoms with E-state index in [1.54, 1.807) is 0 Å². The van der Waals surface area contributed by atoms with Gasteiger partial charge in [-0.05, 0) is 76.5 Å². The number of rotatable bonds is 3. The van der Waals surface area contributed by atoms with Gasteiger partial charge in [0.1, 0.15) is 0 Å². The first-order valence-corrected chi connectivity index (χ1v) is 14.4. The molecular weight excluding hydrogens is 508 g/mol. The molecule has 2 heteroatoms. The molecule has 2 aromatic heterocycles. The minimum absolute atomic E-state index is 1.17. The van der Waals surface area contributed by atoms with Gasteiger partial charge in [0.15, 0.2) is 0 Å². The van der Waals surface area contributed by atoms with Crippen molar-refractivity contribution in [2.24, 2.45) is 0 Å². The van der Waals surface area contributed by atoms with Crippen LogP contribution >= 0.6 is 0 Å². The minimum atomic E-state index is 1.17. The highest BCUT2D eigenvalue weighted by Crippen LogP contribution is 2.40. The van der Waals surface area contributed by atoms with E-state index in [1.165, 1.54) is 76.9 Å². The zero-order chi connectivity index (χ0) is 27.6. The van der Waals surface area contributed by atoms with Gasteiger partial charge < -0.3 is 9.13 Å². The highest BCUT2D eigenvalue weighted by atomic mass is 15.0. The second-order valence-corrected chi connectivity index (χ2v) is 11.0. The first-order chi connectivity index (χ1) is 20.8. The Morgan fingerprint density at radius 1 is 0.286 bits per heavy atom. The van der Waals surface area contributed by atoms with Crippen LogP contribution in [0.3, 0.4) is 0 Å². The molecule has 9 rings (SSSR count). The molecule has 0 radical (unpaired) electrons. The smallest absolute Gasteiger partial charge is 0.0548 e. The van der Waals surface area contributed by atoms with Crippen LogP contribution in [-0.4, -0.2) is 9.13 Å². The molecule has 0 aliphatic heterocycles. The number of hydrogen-bond acceptors (Lipinski definition) is 0. The highest BCUT2D eigenvalue weighted by molar-refractivity contribution is 6.19. The number of hydrogen-bond donors (Lipinski definition) is 0. The van der Waals surface area contributed by atoms with Crippen molar-refractivity contribution in [2.75, 3.05) is 0 Å². The van der Waals surface area contributed by atoms with Gasteiger partial charge in [0.05, 0.1) is 22.1 Å². The van der Waals surface area contributed by atoms with E-state index in [-0.39, 0.29) is 0 Å². The molecule has 42 heavy (non-hydrogen) atoms. The van der Waals surface area contributed by atoms with Crippen molar-refractivity contribution in [3.63, 3.8) is 0 Å². The molecule has 0 fully saturated rings. The molecule has 0 spiro atoms. The van der Waals surface area contributed by atoms with E-state index in [0.29, 0.717) is 0 Å². The first-order valence-electron chi connectivity index (χ1n) is 14.4. The Kier molecular flexibility index (Phi) is 4.93. The molecule has 9 aromatic rings. The van der Waals surface area contributed by atoms with Gasteiger partial charge in [-0.3, -0.25) is 0 Å². The van der Waals surface area contributed by atoms with Crippen LogP contribution in [0.1, 0.15) is 0 Å². The molecule has 0 atom stereocenters. The number of para-hydroxylation sites is 3. The van der Waals surface area contributed by atoms with Gasteiger partial charge in [-0.2, -0.15) is 0 Å². The molecule has 0 unspecified atom stereocenters. The first kappa shape index (κ1) is 23.1. The number of benzene rings is 7. The van der Waals surface area contributed by atoms with Crippen LogP contribution in [0.15, 0.2) is 158 Å². The van der Waals surface area contributed by atoms with E-state index in [1.807, 2.05) is 0 Å². The third-order valence-corrected chi connectivity index (χ3v) is 8.67. The third-order valence-electron chi connectivity index (χ3n) is 8.67. The van der Waals surface area contributed by atoms with Crippen LogP contribution in [-0.2, 0) is 0 Å². The number of nitrogens with zero attached hydrogens (tertiary/aromatic N) is 2. The highest BCUT2D eigenvalue weighted by Gasteiger charge is 2.18. The molecule has 0 saturated heterocycles. The summed E-state index contributed by atoms with van der Waals surface area (Å²) in [6, 6.07) is 57.2. The fourth-order valence-electron chi connectivity index (χ4n) is 6.75. The molecular formula is C40H26N2. The summed E-state index contributed by atoms with van der Waals surface area (Å²) < 4.78 is 4.83. The van der Waals surface area contributed by atoms with E-state index in [0.717, 1.165) is 0 Å². The second-order valence-electron chi connectivity index (χ2n) is 11.0. The van der Waals surface area contributed by atoms with Gasteiger partial charge >= 0.3 is 0 Å². The van der Waals surface area contributed by atoms with E-state index in [9.17, 15) is 0 Å². The summed E-state index contributed by atoms with van der Waals surface area (Å²) in [5.41, 5.74) is 9.72.